The Morgan fingerprint density at radius 3 is 1.91 bits per heavy atom. The summed E-state index contributed by atoms with van der Waals surface area (Å²) in [5, 5.41) is 12.9. The van der Waals surface area contributed by atoms with E-state index in [1.54, 1.807) is 0 Å². The van der Waals surface area contributed by atoms with Crippen molar-refractivity contribution in [2.24, 2.45) is 0 Å². The molecule has 0 fully saturated rings. The van der Waals surface area contributed by atoms with Crippen molar-refractivity contribution in [3.63, 3.8) is 0 Å². The molecular weight excluding hydrogens is 536 g/mol. The molecule has 9 rings (SSSR count). The highest BCUT2D eigenvalue weighted by Gasteiger charge is 2.45. The summed E-state index contributed by atoms with van der Waals surface area (Å²) in [6, 6.07) is 27.2. The van der Waals surface area contributed by atoms with E-state index in [1.807, 2.05) is 0 Å². The largest absolute Gasteiger partial charge is 0.455 e. The molecule has 0 bridgehead atoms. The maximum atomic E-state index is 7.48. The van der Waals surface area contributed by atoms with Crippen molar-refractivity contribution in [2.75, 3.05) is 31.1 Å². The second-order valence-electron chi connectivity index (χ2n) is 14.5. The molecular formula is C41H39N2O+. The van der Waals surface area contributed by atoms with Crippen molar-refractivity contribution in [1.29, 1.82) is 0 Å². The fourth-order valence-corrected chi connectivity index (χ4v) is 8.78. The van der Waals surface area contributed by atoms with E-state index in [-0.39, 0.29) is 10.8 Å². The number of rotatable bonds is 2. The van der Waals surface area contributed by atoms with Crippen LogP contribution in [0.2, 0.25) is 0 Å². The van der Waals surface area contributed by atoms with E-state index in [1.165, 1.54) is 76.0 Å². The minimum Gasteiger partial charge on any atom is -0.455 e. The van der Waals surface area contributed by atoms with Crippen molar-refractivity contribution in [3.8, 4) is 11.5 Å². The summed E-state index contributed by atoms with van der Waals surface area (Å²) in [6.07, 6.45) is 2.48. The van der Waals surface area contributed by atoms with Gasteiger partial charge in [0.05, 0.1) is 22.1 Å². The number of hydrogen-bond donors (Lipinski definition) is 0. The second-order valence-corrected chi connectivity index (χ2v) is 14.5. The van der Waals surface area contributed by atoms with Crippen molar-refractivity contribution in [2.45, 2.75) is 52.4 Å². The highest BCUT2D eigenvalue weighted by atomic mass is 16.5. The fraction of sp³-hybridized carbons (Fsp3) is 0.293. The summed E-state index contributed by atoms with van der Waals surface area (Å²) in [4.78, 5) is 2.57. The smallest absolute Gasteiger partial charge is 0.215 e. The molecule has 0 atom stereocenters. The van der Waals surface area contributed by atoms with E-state index in [4.69, 9.17) is 4.74 Å². The Labute approximate surface area is 258 Å². The van der Waals surface area contributed by atoms with Crippen LogP contribution in [0.3, 0.4) is 0 Å². The van der Waals surface area contributed by atoms with E-state index in [0.29, 0.717) is 0 Å². The number of benzene rings is 6. The zero-order valence-electron chi connectivity index (χ0n) is 26.6. The summed E-state index contributed by atoms with van der Waals surface area (Å²) < 4.78 is 10.1. The topological polar surface area (TPSA) is 15.5 Å². The number of hydrogen-bond acceptors (Lipinski definition) is 2. The van der Waals surface area contributed by atoms with Crippen LogP contribution in [-0.2, 0) is 10.8 Å². The number of likely N-dealkylation sites (N-methyl/N-ethyl adjacent to an activating group) is 2. The van der Waals surface area contributed by atoms with E-state index < -0.39 is 0 Å². The standard InChI is InChI=1S/C41H39N2O/c1-7-42-22-40(3,4)34-36(42)30-19-26-15-11-9-13-24(26)17-28(30)32-21-33-29-18-25-14-10-12-16-27(25)20-31(29)37-35(39(33)44-38(32)34)41(5,6)23-43(37)8-2/h9-21H,7-8,22-23H2,1-6H3/q+1. The molecule has 0 saturated carbocycles. The Morgan fingerprint density at radius 2 is 1.30 bits per heavy atom. The molecule has 0 aromatic heterocycles. The molecule has 0 N–H and O–H groups in total. The Morgan fingerprint density at radius 1 is 0.705 bits per heavy atom. The van der Waals surface area contributed by atoms with E-state index in [2.05, 4.69) is 130 Å². The van der Waals surface area contributed by atoms with Crippen molar-refractivity contribution in [1.82, 2.24) is 4.58 Å². The number of anilines is 1. The lowest BCUT2D eigenvalue weighted by Crippen LogP contribution is -2.30. The van der Waals surface area contributed by atoms with Crippen LogP contribution in [0.5, 0.6) is 11.5 Å². The monoisotopic (exact) mass is 575 g/mol. The van der Waals surface area contributed by atoms with Crippen molar-refractivity contribution < 1.29 is 4.74 Å². The van der Waals surface area contributed by atoms with Gasteiger partial charge in [0.1, 0.15) is 18.0 Å². The van der Waals surface area contributed by atoms with E-state index in [0.717, 1.165) is 37.7 Å². The summed E-state index contributed by atoms with van der Waals surface area (Å²) >= 11 is 0. The molecule has 44 heavy (non-hydrogen) atoms. The van der Waals surface area contributed by atoms with Gasteiger partial charge in [0.25, 0.3) is 0 Å². The van der Waals surface area contributed by atoms with Crippen LogP contribution < -0.4 is 24.8 Å². The van der Waals surface area contributed by atoms with Crippen LogP contribution in [-0.4, -0.2) is 26.2 Å². The maximum absolute atomic E-state index is 7.48. The average molecular weight is 576 g/mol. The number of fused-ring (bicyclic) bond motifs is 14. The summed E-state index contributed by atoms with van der Waals surface area (Å²) in [7, 11) is 0. The molecule has 3 aliphatic heterocycles. The zero-order chi connectivity index (χ0) is 30.1. The van der Waals surface area contributed by atoms with Crippen LogP contribution in [0, 0.1) is 0 Å². The molecule has 3 nitrogen and oxygen atoms in total. The highest BCUT2D eigenvalue weighted by Crippen LogP contribution is 2.54. The molecule has 0 saturated heterocycles. The van der Waals surface area contributed by atoms with Gasteiger partial charge in [-0.3, -0.25) is 0 Å². The summed E-state index contributed by atoms with van der Waals surface area (Å²) in [5.74, 6) is 2.12. The third-order valence-electron chi connectivity index (χ3n) is 10.7. The van der Waals surface area contributed by atoms with Gasteiger partial charge in [-0.15, -0.1) is 0 Å². The van der Waals surface area contributed by atoms with Gasteiger partial charge < -0.3 is 9.64 Å². The van der Waals surface area contributed by atoms with Gasteiger partial charge >= 0.3 is 0 Å². The van der Waals surface area contributed by atoms with Gasteiger partial charge in [-0.05, 0) is 90.4 Å². The molecule has 3 heteroatoms. The minimum absolute atomic E-state index is 0.0399. The first kappa shape index (κ1) is 26.1. The van der Waals surface area contributed by atoms with Crippen LogP contribution >= 0.6 is 0 Å². The van der Waals surface area contributed by atoms with Gasteiger partial charge in [0.15, 0.2) is 6.54 Å². The predicted octanol–water partition coefficient (Wildman–Crippen LogP) is 8.15. The minimum atomic E-state index is -0.0399. The highest BCUT2D eigenvalue weighted by molar-refractivity contribution is 6.12. The van der Waals surface area contributed by atoms with E-state index >= 15 is 0 Å². The first-order chi connectivity index (χ1) is 21.2. The van der Waals surface area contributed by atoms with Crippen LogP contribution in [0.15, 0.2) is 72.8 Å². The molecule has 0 radical (unpaired) electrons. The first-order valence-corrected chi connectivity index (χ1v) is 16.3. The van der Waals surface area contributed by atoms with Gasteiger partial charge in [-0.25, -0.2) is 4.58 Å². The SMILES string of the molecule is CCN1CC(C)(C)c2c3c(c4cc5ccccc5cc4c21)C=c1c(c2c(c4cc5ccccc5cc14)=[N+](CC)CC2(C)C)O3. The van der Waals surface area contributed by atoms with Crippen LogP contribution in [0.4, 0.5) is 5.69 Å². The zero-order valence-corrected chi connectivity index (χ0v) is 26.6. The second kappa shape index (κ2) is 8.63. The van der Waals surface area contributed by atoms with Gasteiger partial charge in [0, 0.05) is 40.2 Å². The third-order valence-corrected chi connectivity index (χ3v) is 10.7. The Balaban J connectivity index is 1.52. The van der Waals surface area contributed by atoms with Gasteiger partial charge in [0.2, 0.25) is 5.36 Å². The summed E-state index contributed by atoms with van der Waals surface area (Å²) in [6.45, 7) is 18.1. The summed E-state index contributed by atoms with van der Waals surface area (Å²) in [5.41, 5.74) is 5.21. The van der Waals surface area contributed by atoms with Gasteiger partial charge in [-0.1, -0.05) is 62.4 Å². The molecule has 6 aromatic rings. The van der Waals surface area contributed by atoms with Crippen molar-refractivity contribution >= 4 is 54.9 Å². The van der Waals surface area contributed by atoms with Crippen molar-refractivity contribution in [3.05, 3.63) is 100 Å². The number of nitrogens with zero attached hydrogens (tertiary/aromatic N) is 2. The molecule has 0 aliphatic carbocycles. The quantitative estimate of drug-likeness (QED) is 0.153. The molecule has 0 spiro atoms. The molecule has 0 unspecified atom stereocenters. The maximum Gasteiger partial charge on any atom is 0.215 e. The predicted molar refractivity (Wildman–Crippen MR) is 186 cm³/mol. The Bertz CT molecular complexity index is 2400. The lowest BCUT2D eigenvalue weighted by atomic mass is 9.80. The molecule has 3 heterocycles. The fourth-order valence-electron chi connectivity index (χ4n) is 8.78. The molecule has 6 aromatic carbocycles. The molecule has 218 valence electrons. The normalized spacial score (nSPS) is 17.5. The Kier molecular flexibility index (Phi) is 5.11. The lowest BCUT2D eigenvalue weighted by Gasteiger charge is -2.28. The molecule has 3 aliphatic rings. The van der Waals surface area contributed by atoms with Crippen LogP contribution in [0.1, 0.15) is 58.2 Å². The number of ether oxygens (including phenoxy) is 1. The lowest BCUT2D eigenvalue weighted by molar-refractivity contribution is 0.422. The average Bonchev–Trinajstić information content (AvgIpc) is 3.47. The van der Waals surface area contributed by atoms with Gasteiger partial charge in [-0.2, -0.15) is 0 Å². The van der Waals surface area contributed by atoms with E-state index in [9.17, 15) is 0 Å². The molecule has 0 amide bonds. The van der Waals surface area contributed by atoms with Crippen LogP contribution in [0.25, 0.3) is 49.2 Å². The Hall–Kier alpha value is -4.37. The third kappa shape index (κ3) is 3.30. The first-order valence-electron chi connectivity index (χ1n) is 16.3.